The van der Waals surface area contributed by atoms with Crippen molar-refractivity contribution in [2.45, 2.75) is 0 Å². The van der Waals surface area contributed by atoms with E-state index in [9.17, 15) is 4.39 Å². The van der Waals surface area contributed by atoms with Crippen LogP contribution in [0.2, 0.25) is 0 Å². The number of phenolic OH excluding ortho intramolecular Hbond substituents is 1. The molecule has 0 saturated heterocycles. The molecule has 0 atom stereocenters. The predicted molar refractivity (Wildman–Crippen MR) is 55.8 cm³/mol. The molecule has 1 aromatic carbocycles. The number of benzene rings is 1. The molecule has 3 N–H and O–H groups in total. The van der Waals surface area contributed by atoms with E-state index in [-0.39, 0.29) is 5.69 Å². The van der Waals surface area contributed by atoms with E-state index >= 15 is 0 Å². The number of thiophene rings is 1. The van der Waals surface area contributed by atoms with Crippen LogP contribution in [-0.2, 0) is 0 Å². The molecule has 2 aromatic rings. The van der Waals surface area contributed by atoms with Crippen molar-refractivity contribution in [1.29, 1.82) is 0 Å². The zero-order valence-electron chi connectivity index (χ0n) is 7.20. The fourth-order valence-corrected chi connectivity index (χ4v) is 1.92. The Hall–Kier alpha value is -1.55. The van der Waals surface area contributed by atoms with Gasteiger partial charge in [-0.3, -0.25) is 0 Å². The molecule has 0 fully saturated rings. The molecule has 4 heteroatoms. The largest absolute Gasteiger partial charge is 0.503 e. The van der Waals surface area contributed by atoms with Gasteiger partial charge >= 0.3 is 0 Å². The lowest BCUT2D eigenvalue weighted by Crippen LogP contribution is -1.89. The van der Waals surface area contributed by atoms with Gasteiger partial charge in [0.25, 0.3) is 0 Å². The number of rotatable bonds is 1. The zero-order valence-corrected chi connectivity index (χ0v) is 8.01. The molecule has 0 radical (unpaired) electrons. The summed E-state index contributed by atoms with van der Waals surface area (Å²) in [5, 5.41) is 11.0. The number of nitrogens with two attached hydrogens (primary N) is 1. The zero-order chi connectivity index (χ0) is 10.1. The summed E-state index contributed by atoms with van der Waals surface area (Å²) in [6.07, 6.45) is 0. The van der Waals surface area contributed by atoms with Crippen LogP contribution < -0.4 is 5.73 Å². The summed E-state index contributed by atoms with van der Waals surface area (Å²) in [7, 11) is 0. The topological polar surface area (TPSA) is 46.2 Å². The number of hydrogen-bond acceptors (Lipinski definition) is 3. The van der Waals surface area contributed by atoms with Crippen LogP contribution in [-0.4, -0.2) is 5.11 Å². The molecule has 72 valence electrons. The standard InChI is InChI=1S/C10H8FNOS/c11-7-4-6(5-8(12)10(7)13)9-2-1-3-14-9/h1-5,13H,12H2. The van der Waals surface area contributed by atoms with Crippen molar-refractivity contribution in [1.82, 2.24) is 0 Å². The monoisotopic (exact) mass is 209 g/mol. The quantitative estimate of drug-likeness (QED) is 0.560. The van der Waals surface area contributed by atoms with E-state index < -0.39 is 11.6 Å². The summed E-state index contributed by atoms with van der Waals surface area (Å²) in [4.78, 5) is 0.926. The number of hydrogen-bond donors (Lipinski definition) is 2. The third kappa shape index (κ3) is 1.44. The van der Waals surface area contributed by atoms with E-state index in [1.165, 1.54) is 17.4 Å². The molecule has 0 amide bonds. The maximum atomic E-state index is 13.1. The number of anilines is 1. The minimum atomic E-state index is -0.687. The first-order chi connectivity index (χ1) is 6.68. The molecule has 0 bridgehead atoms. The first-order valence-electron chi connectivity index (χ1n) is 4.00. The number of nitrogen functional groups attached to an aromatic ring is 1. The summed E-state index contributed by atoms with van der Waals surface area (Å²) in [6, 6.07) is 6.58. The lowest BCUT2D eigenvalue weighted by molar-refractivity contribution is 0.435. The first-order valence-corrected chi connectivity index (χ1v) is 4.88. The minimum absolute atomic E-state index is 0.0633. The van der Waals surface area contributed by atoms with E-state index in [0.717, 1.165) is 4.88 Å². The lowest BCUT2D eigenvalue weighted by atomic mass is 10.1. The molecule has 0 spiro atoms. The van der Waals surface area contributed by atoms with Crippen molar-refractivity contribution in [2.24, 2.45) is 0 Å². The highest BCUT2D eigenvalue weighted by atomic mass is 32.1. The molecule has 14 heavy (non-hydrogen) atoms. The Morgan fingerprint density at radius 1 is 1.36 bits per heavy atom. The Kier molecular flexibility index (Phi) is 2.13. The van der Waals surface area contributed by atoms with Crippen molar-refractivity contribution in [3.8, 4) is 16.2 Å². The van der Waals surface area contributed by atoms with E-state index in [4.69, 9.17) is 10.8 Å². The average molecular weight is 209 g/mol. The van der Waals surface area contributed by atoms with Gasteiger partial charge < -0.3 is 10.8 Å². The summed E-state index contributed by atoms with van der Waals surface area (Å²) >= 11 is 1.50. The van der Waals surface area contributed by atoms with Gasteiger partial charge in [0.2, 0.25) is 0 Å². The maximum Gasteiger partial charge on any atom is 0.174 e. The van der Waals surface area contributed by atoms with Crippen molar-refractivity contribution >= 4 is 17.0 Å². The molecular weight excluding hydrogens is 201 g/mol. The SMILES string of the molecule is Nc1cc(-c2cccs2)cc(F)c1O. The number of phenols is 1. The van der Waals surface area contributed by atoms with Gasteiger partial charge in [-0.2, -0.15) is 0 Å². The third-order valence-corrected chi connectivity index (χ3v) is 2.82. The molecule has 0 aliphatic carbocycles. The molecule has 1 heterocycles. The van der Waals surface area contributed by atoms with E-state index in [2.05, 4.69) is 0 Å². The molecule has 0 aliphatic heterocycles. The summed E-state index contributed by atoms with van der Waals surface area (Å²) in [5.41, 5.74) is 6.19. The van der Waals surface area contributed by atoms with Crippen LogP contribution in [0.15, 0.2) is 29.6 Å². The molecule has 2 nitrogen and oxygen atoms in total. The normalized spacial score (nSPS) is 10.4. The number of aromatic hydroxyl groups is 1. The second kappa shape index (κ2) is 3.31. The van der Waals surface area contributed by atoms with E-state index in [0.29, 0.717) is 5.56 Å². The van der Waals surface area contributed by atoms with Crippen LogP contribution in [0.3, 0.4) is 0 Å². The number of halogens is 1. The van der Waals surface area contributed by atoms with Crippen molar-refractivity contribution in [3.63, 3.8) is 0 Å². The van der Waals surface area contributed by atoms with Crippen LogP contribution in [0.25, 0.3) is 10.4 Å². The Bertz CT molecular complexity index is 430. The Balaban J connectivity index is 2.57. The molecule has 2 rings (SSSR count). The van der Waals surface area contributed by atoms with Gasteiger partial charge in [-0.1, -0.05) is 6.07 Å². The second-order valence-corrected chi connectivity index (χ2v) is 3.82. The Morgan fingerprint density at radius 2 is 2.14 bits per heavy atom. The second-order valence-electron chi connectivity index (χ2n) is 2.87. The van der Waals surface area contributed by atoms with Gasteiger partial charge in [-0.25, -0.2) is 4.39 Å². The molecule has 0 unspecified atom stereocenters. The minimum Gasteiger partial charge on any atom is -0.503 e. The fourth-order valence-electron chi connectivity index (χ4n) is 1.21. The van der Waals surface area contributed by atoms with E-state index in [1.807, 2.05) is 17.5 Å². The highest BCUT2D eigenvalue weighted by molar-refractivity contribution is 7.13. The fraction of sp³-hybridized carbons (Fsp3) is 0. The molecule has 0 aliphatic rings. The van der Waals surface area contributed by atoms with Gasteiger partial charge in [-0.05, 0) is 29.1 Å². The smallest absolute Gasteiger partial charge is 0.174 e. The lowest BCUT2D eigenvalue weighted by Gasteiger charge is -2.03. The average Bonchev–Trinajstić information content (AvgIpc) is 2.66. The van der Waals surface area contributed by atoms with Gasteiger partial charge in [0, 0.05) is 4.88 Å². The highest BCUT2D eigenvalue weighted by Crippen LogP contribution is 2.32. The van der Waals surface area contributed by atoms with Crippen molar-refractivity contribution < 1.29 is 9.50 Å². The van der Waals surface area contributed by atoms with Crippen LogP contribution in [0, 0.1) is 5.82 Å². The van der Waals surface area contributed by atoms with Gasteiger partial charge in [0.1, 0.15) is 0 Å². The Morgan fingerprint density at radius 3 is 2.71 bits per heavy atom. The molecule has 0 saturated carbocycles. The van der Waals surface area contributed by atoms with Crippen molar-refractivity contribution in [2.75, 3.05) is 5.73 Å². The summed E-state index contributed by atoms with van der Waals surface area (Å²) in [6.45, 7) is 0. The predicted octanol–water partition coefficient (Wildman–Crippen LogP) is 2.84. The van der Waals surface area contributed by atoms with Crippen LogP contribution in [0.4, 0.5) is 10.1 Å². The Labute approximate surface area is 84.4 Å². The third-order valence-electron chi connectivity index (χ3n) is 1.90. The van der Waals surface area contributed by atoms with Gasteiger partial charge in [0.15, 0.2) is 11.6 Å². The summed E-state index contributed by atoms with van der Waals surface area (Å²) < 4.78 is 13.1. The van der Waals surface area contributed by atoms with Crippen LogP contribution in [0.1, 0.15) is 0 Å². The first kappa shape index (κ1) is 9.02. The van der Waals surface area contributed by atoms with Crippen LogP contribution >= 0.6 is 11.3 Å². The molecular formula is C10H8FNOS. The maximum absolute atomic E-state index is 13.1. The van der Waals surface area contributed by atoms with Crippen molar-refractivity contribution in [3.05, 3.63) is 35.5 Å². The van der Waals surface area contributed by atoms with Crippen LogP contribution in [0.5, 0.6) is 5.75 Å². The van der Waals surface area contributed by atoms with E-state index in [1.54, 1.807) is 6.07 Å². The highest BCUT2D eigenvalue weighted by Gasteiger charge is 2.08. The van der Waals surface area contributed by atoms with Gasteiger partial charge in [-0.15, -0.1) is 11.3 Å². The van der Waals surface area contributed by atoms with Gasteiger partial charge in [0.05, 0.1) is 5.69 Å². The molecule has 1 aromatic heterocycles. The summed E-state index contributed by atoms with van der Waals surface area (Å²) in [5.74, 6) is -1.17.